The first kappa shape index (κ1) is 24.3. The zero-order valence-corrected chi connectivity index (χ0v) is 20.8. The second-order valence-corrected chi connectivity index (χ2v) is 10.4. The highest BCUT2D eigenvalue weighted by Crippen LogP contribution is 2.30. The van der Waals surface area contributed by atoms with Gasteiger partial charge in [0.25, 0.3) is 0 Å². The molecule has 1 aromatic heterocycles. The van der Waals surface area contributed by atoms with Crippen LogP contribution in [0.4, 0.5) is 0 Å². The van der Waals surface area contributed by atoms with Crippen LogP contribution in [0, 0.1) is 11.8 Å². The minimum Gasteiger partial charge on any atom is -0.497 e. The number of aliphatic hydroxyl groups is 1. The number of hydrogen-bond acceptors (Lipinski definition) is 5. The van der Waals surface area contributed by atoms with Gasteiger partial charge in [-0.2, -0.15) is 0 Å². The molecule has 1 saturated heterocycles. The molecule has 0 unspecified atom stereocenters. The number of thioether (sulfide) groups is 1. The van der Waals surface area contributed by atoms with Crippen molar-refractivity contribution in [3.05, 3.63) is 65.3 Å². The Kier molecular flexibility index (Phi) is 8.90. The first-order chi connectivity index (χ1) is 16.2. The number of aromatic nitrogens is 1. The second-order valence-electron chi connectivity index (χ2n) is 8.84. The molecule has 4 rings (SSSR count). The van der Waals surface area contributed by atoms with Crippen molar-refractivity contribution in [1.29, 1.82) is 0 Å². The van der Waals surface area contributed by atoms with E-state index in [1.807, 2.05) is 42.2 Å². The Bertz CT molecular complexity index is 1030. The quantitative estimate of drug-likeness (QED) is 0.361. The highest BCUT2D eigenvalue weighted by molar-refractivity contribution is 7.99. The number of rotatable bonds is 10. The Morgan fingerprint density at radius 1 is 1.15 bits per heavy atom. The summed E-state index contributed by atoms with van der Waals surface area (Å²) in [6, 6.07) is 16.3. The Hall–Kier alpha value is -1.79. The molecule has 176 valence electrons. The molecule has 3 aromatic rings. The van der Waals surface area contributed by atoms with Gasteiger partial charge in [-0.3, -0.25) is 4.98 Å². The third-order valence-electron chi connectivity index (χ3n) is 6.76. The molecule has 1 aliphatic heterocycles. The number of fused-ring (bicyclic) bond motifs is 1. The van der Waals surface area contributed by atoms with Crippen molar-refractivity contribution in [2.24, 2.45) is 11.8 Å². The molecule has 0 radical (unpaired) electrons. The number of aliphatic hydroxyl groups excluding tert-OH is 1. The van der Waals surface area contributed by atoms with E-state index in [0.717, 1.165) is 60.9 Å². The second kappa shape index (κ2) is 12.1. The Balaban J connectivity index is 1.25. The molecule has 0 bridgehead atoms. The van der Waals surface area contributed by atoms with E-state index < -0.39 is 0 Å². The van der Waals surface area contributed by atoms with Gasteiger partial charge in [-0.25, -0.2) is 0 Å². The van der Waals surface area contributed by atoms with Crippen LogP contribution in [0.15, 0.2) is 59.6 Å². The fourth-order valence-electron chi connectivity index (χ4n) is 4.85. The normalized spacial score (nSPS) is 19.1. The number of nitrogens with zero attached hydrogens (tertiary/aromatic N) is 2. The molecule has 1 fully saturated rings. The minimum absolute atomic E-state index is 0.279. The lowest BCUT2D eigenvalue weighted by Gasteiger charge is -2.38. The van der Waals surface area contributed by atoms with Crippen LogP contribution in [0.2, 0.25) is 5.02 Å². The van der Waals surface area contributed by atoms with E-state index in [1.54, 1.807) is 7.11 Å². The number of piperidine rings is 1. The first-order valence-corrected chi connectivity index (χ1v) is 13.2. The van der Waals surface area contributed by atoms with E-state index in [-0.39, 0.29) is 6.61 Å². The number of benzene rings is 2. The van der Waals surface area contributed by atoms with Gasteiger partial charge >= 0.3 is 0 Å². The van der Waals surface area contributed by atoms with E-state index >= 15 is 0 Å². The molecule has 0 spiro atoms. The number of pyridine rings is 1. The van der Waals surface area contributed by atoms with Crippen LogP contribution in [-0.4, -0.2) is 54.1 Å². The number of ether oxygens (including phenoxy) is 1. The average molecular weight is 485 g/mol. The molecule has 2 aromatic carbocycles. The van der Waals surface area contributed by atoms with Crippen molar-refractivity contribution < 1.29 is 9.84 Å². The van der Waals surface area contributed by atoms with Gasteiger partial charge in [0.15, 0.2) is 0 Å². The van der Waals surface area contributed by atoms with Crippen LogP contribution >= 0.6 is 23.4 Å². The molecule has 2 heterocycles. The summed E-state index contributed by atoms with van der Waals surface area (Å²) in [6.07, 6.45) is 6.39. The van der Waals surface area contributed by atoms with Crippen molar-refractivity contribution in [2.75, 3.05) is 39.1 Å². The number of aryl methyl sites for hydroxylation is 1. The fourth-order valence-corrected chi connectivity index (χ4v) is 5.89. The molecule has 4 nitrogen and oxygen atoms in total. The van der Waals surface area contributed by atoms with E-state index in [1.165, 1.54) is 22.3 Å². The molecule has 6 heteroatoms. The van der Waals surface area contributed by atoms with E-state index in [0.29, 0.717) is 11.8 Å². The van der Waals surface area contributed by atoms with Crippen molar-refractivity contribution in [2.45, 2.75) is 30.6 Å². The summed E-state index contributed by atoms with van der Waals surface area (Å²) in [4.78, 5) is 8.27. The zero-order valence-electron chi connectivity index (χ0n) is 19.3. The summed E-state index contributed by atoms with van der Waals surface area (Å²) < 4.78 is 5.41. The maximum Gasteiger partial charge on any atom is 0.119 e. The van der Waals surface area contributed by atoms with E-state index in [4.69, 9.17) is 16.3 Å². The molecule has 1 N–H and O–H groups in total. The number of likely N-dealkylation sites (tertiary alicyclic amines) is 1. The summed E-state index contributed by atoms with van der Waals surface area (Å²) in [6.45, 7) is 3.46. The van der Waals surface area contributed by atoms with Gasteiger partial charge in [0.1, 0.15) is 5.75 Å². The van der Waals surface area contributed by atoms with Crippen LogP contribution in [0.1, 0.15) is 24.8 Å². The Morgan fingerprint density at radius 2 is 2.00 bits per heavy atom. The van der Waals surface area contributed by atoms with Crippen molar-refractivity contribution >= 4 is 34.3 Å². The highest BCUT2D eigenvalue weighted by Gasteiger charge is 2.28. The maximum atomic E-state index is 10.1. The third kappa shape index (κ3) is 6.63. The molecule has 0 amide bonds. The SMILES string of the molecule is COc1ccc2nccc(CCC[C@@H]3CCN(CCSc4ccc(Cl)cc4)C[C@@H]3CO)c2c1. The zero-order chi connectivity index (χ0) is 23.0. The largest absolute Gasteiger partial charge is 0.497 e. The summed E-state index contributed by atoms with van der Waals surface area (Å²) in [5, 5.41) is 12.0. The lowest BCUT2D eigenvalue weighted by Crippen LogP contribution is -2.42. The molecule has 2 atom stereocenters. The van der Waals surface area contributed by atoms with Gasteiger partial charge in [0.05, 0.1) is 12.6 Å². The van der Waals surface area contributed by atoms with Crippen molar-refractivity contribution in [1.82, 2.24) is 9.88 Å². The molecule has 0 aliphatic carbocycles. The molecular formula is C27H33ClN2O2S. The van der Waals surface area contributed by atoms with Crippen LogP contribution < -0.4 is 4.74 Å². The van der Waals surface area contributed by atoms with Gasteiger partial charge in [0, 0.05) is 47.0 Å². The third-order valence-corrected chi connectivity index (χ3v) is 8.00. The Labute approximate surface area is 206 Å². The van der Waals surface area contributed by atoms with Crippen LogP contribution in [0.3, 0.4) is 0 Å². The lowest BCUT2D eigenvalue weighted by molar-refractivity contribution is 0.0710. The van der Waals surface area contributed by atoms with Gasteiger partial charge in [-0.1, -0.05) is 11.6 Å². The van der Waals surface area contributed by atoms with Crippen molar-refractivity contribution in [3.63, 3.8) is 0 Å². The van der Waals surface area contributed by atoms with E-state index in [9.17, 15) is 5.11 Å². The summed E-state index contributed by atoms with van der Waals surface area (Å²) in [5.41, 5.74) is 2.35. The average Bonchev–Trinajstić information content (AvgIpc) is 2.85. The van der Waals surface area contributed by atoms with Gasteiger partial charge in [-0.05, 0) is 98.2 Å². The number of methoxy groups -OCH3 is 1. The fraction of sp³-hybridized carbons (Fsp3) is 0.444. The smallest absolute Gasteiger partial charge is 0.119 e. The predicted octanol–water partition coefficient (Wildman–Crippen LogP) is 5.94. The lowest BCUT2D eigenvalue weighted by atomic mass is 9.82. The summed E-state index contributed by atoms with van der Waals surface area (Å²) in [5.74, 6) is 2.90. The minimum atomic E-state index is 0.279. The standard InChI is InChI=1S/C27H33ClN2O2S/c1-32-24-7-10-27-26(17-24)21(11-13-29-27)4-2-3-20-12-14-30(18-22(20)19-31)15-16-33-25-8-5-23(28)6-9-25/h5-11,13,17,20,22,31H,2-4,12,14-16,18-19H2,1H3/t20-,22-/m1/s1. The monoisotopic (exact) mass is 484 g/mol. The van der Waals surface area contributed by atoms with Gasteiger partial charge in [0.2, 0.25) is 0 Å². The molecular weight excluding hydrogens is 452 g/mol. The molecule has 0 saturated carbocycles. The van der Waals surface area contributed by atoms with E-state index in [2.05, 4.69) is 34.1 Å². The topological polar surface area (TPSA) is 45.6 Å². The van der Waals surface area contributed by atoms with Gasteiger partial charge < -0.3 is 14.7 Å². The number of halogens is 1. The summed E-state index contributed by atoms with van der Waals surface area (Å²) >= 11 is 7.84. The Morgan fingerprint density at radius 3 is 2.79 bits per heavy atom. The first-order valence-electron chi connectivity index (χ1n) is 11.8. The predicted molar refractivity (Wildman–Crippen MR) is 139 cm³/mol. The van der Waals surface area contributed by atoms with Crippen LogP contribution in [0.5, 0.6) is 5.75 Å². The maximum absolute atomic E-state index is 10.1. The summed E-state index contributed by atoms with van der Waals surface area (Å²) in [7, 11) is 1.70. The van der Waals surface area contributed by atoms with Crippen LogP contribution in [-0.2, 0) is 6.42 Å². The van der Waals surface area contributed by atoms with Crippen molar-refractivity contribution in [3.8, 4) is 5.75 Å². The van der Waals surface area contributed by atoms with Crippen LogP contribution in [0.25, 0.3) is 10.9 Å². The van der Waals surface area contributed by atoms with Gasteiger partial charge in [-0.15, -0.1) is 11.8 Å². The molecule has 1 aliphatic rings. The number of hydrogen-bond donors (Lipinski definition) is 1. The highest BCUT2D eigenvalue weighted by atomic mass is 35.5. The molecule has 33 heavy (non-hydrogen) atoms.